The minimum absolute atomic E-state index is 0.108. The lowest BCUT2D eigenvalue weighted by atomic mass is 10.1. The largest absolute Gasteiger partial charge is 0.331 e. The number of benzene rings is 1. The predicted octanol–water partition coefficient (Wildman–Crippen LogP) is 2.41. The van der Waals surface area contributed by atoms with Gasteiger partial charge in [-0.25, -0.2) is 4.39 Å². The normalized spacial score (nSPS) is 24.1. The zero-order valence-corrected chi connectivity index (χ0v) is 12.0. The second-order valence-corrected chi connectivity index (χ2v) is 5.55. The van der Waals surface area contributed by atoms with Crippen molar-refractivity contribution in [3.05, 3.63) is 34.1 Å². The van der Waals surface area contributed by atoms with E-state index in [-0.39, 0.29) is 18.0 Å². The van der Waals surface area contributed by atoms with Crippen LogP contribution in [0, 0.1) is 5.82 Å². The minimum atomic E-state index is -0.392. The molecule has 0 saturated carbocycles. The highest BCUT2D eigenvalue weighted by Crippen LogP contribution is 2.22. The van der Waals surface area contributed by atoms with E-state index in [2.05, 4.69) is 21.2 Å². The number of rotatable bonds is 1. The molecular weight excluding hydrogens is 299 g/mol. The van der Waals surface area contributed by atoms with Crippen molar-refractivity contribution < 1.29 is 9.18 Å². The summed E-state index contributed by atoms with van der Waals surface area (Å²) in [7, 11) is 0. The quantitative estimate of drug-likeness (QED) is 0.863. The van der Waals surface area contributed by atoms with Gasteiger partial charge in [0.1, 0.15) is 5.82 Å². The molecular formula is C13H16BrFN2O. The number of amides is 1. The summed E-state index contributed by atoms with van der Waals surface area (Å²) in [5.41, 5.74) is 0.385. The van der Waals surface area contributed by atoms with Crippen molar-refractivity contribution in [1.82, 2.24) is 10.2 Å². The van der Waals surface area contributed by atoms with Crippen LogP contribution in [0.2, 0.25) is 0 Å². The highest BCUT2D eigenvalue weighted by molar-refractivity contribution is 9.10. The zero-order chi connectivity index (χ0) is 13.3. The summed E-state index contributed by atoms with van der Waals surface area (Å²) in [6.45, 7) is 5.52. The highest BCUT2D eigenvalue weighted by Gasteiger charge is 2.30. The summed E-state index contributed by atoms with van der Waals surface area (Å²) < 4.78 is 13.9. The average Bonchev–Trinajstić information content (AvgIpc) is 2.32. The second-order valence-electron chi connectivity index (χ2n) is 4.69. The Kier molecular flexibility index (Phi) is 4.02. The fraction of sp³-hybridized carbons (Fsp3) is 0.462. The van der Waals surface area contributed by atoms with Gasteiger partial charge in [-0.1, -0.05) is 0 Å². The van der Waals surface area contributed by atoms with Crippen molar-refractivity contribution in [2.24, 2.45) is 0 Å². The van der Waals surface area contributed by atoms with Crippen molar-refractivity contribution in [2.45, 2.75) is 25.9 Å². The average molecular weight is 315 g/mol. The van der Waals surface area contributed by atoms with Crippen LogP contribution < -0.4 is 5.32 Å². The molecule has 5 heteroatoms. The minimum Gasteiger partial charge on any atom is -0.331 e. The fourth-order valence-electron chi connectivity index (χ4n) is 2.33. The van der Waals surface area contributed by atoms with Gasteiger partial charge in [-0.3, -0.25) is 4.79 Å². The molecule has 1 aromatic rings. The monoisotopic (exact) mass is 314 g/mol. The summed E-state index contributed by atoms with van der Waals surface area (Å²) in [4.78, 5) is 14.3. The molecule has 1 aliphatic rings. The van der Waals surface area contributed by atoms with Gasteiger partial charge in [0.15, 0.2) is 0 Å². The molecule has 1 N–H and O–H groups in total. The van der Waals surface area contributed by atoms with E-state index in [1.165, 1.54) is 12.1 Å². The molecule has 1 aliphatic heterocycles. The van der Waals surface area contributed by atoms with Crippen LogP contribution in [0.4, 0.5) is 4.39 Å². The molecule has 2 unspecified atom stereocenters. The Morgan fingerprint density at radius 3 is 2.61 bits per heavy atom. The van der Waals surface area contributed by atoms with Crippen LogP contribution in [0.15, 0.2) is 22.7 Å². The fourth-order valence-corrected chi connectivity index (χ4v) is 2.75. The van der Waals surface area contributed by atoms with Gasteiger partial charge in [-0.05, 0) is 48.0 Å². The van der Waals surface area contributed by atoms with E-state index in [4.69, 9.17) is 0 Å². The van der Waals surface area contributed by atoms with E-state index in [0.29, 0.717) is 10.0 Å². The van der Waals surface area contributed by atoms with Gasteiger partial charge in [0, 0.05) is 29.6 Å². The first-order valence-corrected chi connectivity index (χ1v) is 6.78. The molecule has 3 nitrogen and oxygen atoms in total. The van der Waals surface area contributed by atoms with Crippen LogP contribution in [-0.2, 0) is 0 Å². The molecule has 2 rings (SSSR count). The van der Waals surface area contributed by atoms with Gasteiger partial charge in [-0.2, -0.15) is 0 Å². The topological polar surface area (TPSA) is 32.3 Å². The molecule has 0 aromatic heterocycles. The van der Waals surface area contributed by atoms with Crippen LogP contribution in [0.3, 0.4) is 0 Å². The maximum absolute atomic E-state index is 13.3. The van der Waals surface area contributed by atoms with Crippen molar-refractivity contribution in [1.29, 1.82) is 0 Å². The molecule has 0 aliphatic carbocycles. The summed E-state index contributed by atoms with van der Waals surface area (Å²) in [6, 6.07) is 4.41. The molecule has 1 heterocycles. The van der Waals surface area contributed by atoms with Crippen LogP contribution in [0.1, 0.15) is 24.2 Å². The van der Waals surface area contributed by atoms with Gasteiger partial charge in [0.2, 0.25) is 0 Å². The van der Waals surface area contributed by atoms with Gasteiger partial charge >= 0.3 is 0 Å². The molecule has 18 heavy (non-hydrogen) atoms. The van der Waals surface area contributed by atoms with Gasteiger partial charge in [0.05, 0.1) is 5.56 Å². The molecule has 1 aromatic carbocycles. The molecule has 0 spiro atoms. The first kappa shape index (κ1) is 13.5. The maximum atomic E-state index is 13.3. The SMILES string of the molecule is CC1CNCC(C)N1C(=O)c1cc(F)ccc1Br. The number of hydrogen-bond donors (Lipinski definition) is 1. The zero-order valence-electron chi connectivity index (χ0n) is 10.4. The third-order valence-corrected chi connectivity index (χ3v) is 3.91. The Morgan fingerprint density at radius 2 is 2.00 bits per heavy atom. The molecule has 1 saturated heterocycles. The lowest BCUT2D eigenvalue weighted by Gasteiger charge is -2.39. The van der Waals surface area contributed by atoms with E-state index >= 15 is 0 Å². The Labute approximate surface area is 114 Å². The Morgan fingerprint density at radius 1 is 1.39 bits per heavy atom. The lowest BCUT2D eigenvalue weighted by molar-refractivity contribution is 0.0543. The number of piperazine rings is 1. The maximum Gasteiger partial charge on any atom is 0.255 e. The van der Waals surface area contributed by atoms with E-state index in [0.717, 1.165) is 13.1 Å². The van der Waals surface area contributed by atoms with Crippen molar-refractivity contribution >= 4 is 21.8 Å². The van der Waals surface area contributed by atoms with Gasteiger partial charge < -0.3 is 10.2 Å². The Hall–Kier alpha value is -0.940. The number of carbonyl (C=O) groups excluding carboxylic acids is 1. The third-order valence-electron chi connectivity index (χ3n) is 3.22. The van der Waals surface area contributed by atoms with E-state index in [1.54, 1.807) is 6.07 Å². The first-order chi connectivity index (χ1) is 8.50. The van der Waals surface area contributed by atoms with E-state index in [9.17, 15) is 9.18 Å². The highest BCUT2D eigenvalue weighted by atomic mass is 79.9. The van der Waals surface area contributed by atoms with E-state index in [1.807, 2.05) is 18.7 Å². The molecule has 0 bridgehead atoms. The Bertz CT molecular complexity index is 456. The number of halogens is 2. The number of nitrogens with zero attached hydrogens (tertiary/aromatic N) is 1. The molecule has 0 radical (unpaired) electrons. The van der Waals surface area contributed by atoms with Gasteiger partial charge in [0.25, 0.3) is 5.91 Å². The lowest BCUT2D eigenvalue weighted by Crippen LogP contribution is -2.57. The molecule has 1 fully saturated rings. The molecule has 98 valence electrons. The van der Waals surface area contributed by atoms with Crippen molar-refractivity contribution in [2.75, 3.05) is 13.1 Å². The summed E-state index contributed by atoms with van der Waals surface area (Å²) in [5, 5.41) is 3.27. The van der Waals surface area contributed by atoms with Crippen LogP contribution in [0.5, 0.6) is 0 Å². The Balaban J connectivity index is 2.32. The standard InChI is InChI=1S/C13H16BrFN2O/c1-8-6-16-7-9(2)17(8)13(18)11-5-10(15)3-4-12(11)14/h3-5,8-9,16H,6-7H2,1-2H3. The third kappa shape index (κ3) is 2.57. The summed E-state index contributed by atoms with van der Waals surface area (Å²) in [5.74, 6) is -0.514. The first-order valence-electron chi connectivity index (χ1n) is 5.99. The van der Waals surface area contributed by atoms with Crippen molar-refractivity contribution in [3.8, 4) is 0 Å². The second kappa shape index (κ2) is 5.36. The van der Waals surface area contributed by atoms with Crippen LogP contribution in [0.25, 0.3) is 0 Å². The van der Waals surface area contributed by atoms with Crippen LogP contribution >= 0.6 is 15.9 Å². The number of carbonyl (C=O) groups is 1. The summed E-state index contributed by atoms with van der Waals surface area (Å²) >= 11 is 3.31. The van der Waals surface area contributed by atoms with Crippen LogP contribution in [-0.4, -0.2) is 36.0 Å². The summed E-state index contributed by atoms with van der Waals surface area (Å²) in [6.07, 6.45) is 0. The number of hydrogen-bond acceptors (Lipinski definition) is 2. The smallest absolute Gasteiger partial charge is 0.255 e. The van der Waals surface area contributed by atoms with Gasteiger partial charge in [-0.15, -0.1) is 0 Å². The molecule has 2 atom stereocenters. The molecule has 1 amide bonds. The predicted molar refractivity (Wildman–Crippen MR) is 72.1 cm³/mol. The number of nitrogens with one attached hydrogen (secondary N) is 1. The van der Waals surface area contributed by atoms with Crippen molar-refractivity contribution in [3.63, 3.8) is 0 Å². The van der Waals surface area contributed by atoms with E-state index < -0.39 is 5.82 Å².